The van der Waals surface area contributed by atoms with E-state index in [0.29, 0.717) is 29.5 Å². The summed E-state index contributed by atoms with van der Waals surface area (Å²) < 4.78 is 5.31. The molecule has 0 atom stereocenters. The second-order valence-corrected chi connectivity index (χ2v) is 5.48. The fourth-order valence-electron chi connectivity index (χ4n) is 2.09. The number of thiazole rings is 1. The monoisotopic (exact) mass is 289 g/mol. The first-order valence-electron chi connectivity index (χ1n) is 6.44. The lowest BCUT2D eigenvalue weighted by molar-refractivity contribution is 0.104. The Balaban J connectivity index is 1.87. The predicted molar refractivity (Wildman–Crippen MR) is 79.4 cm³/mol. The molecule has 0 unspecified atom stereocenters. The Labute approximate surface area is 121 Å². The molecule has 1 fully saturated rings. The molecule has 2 heterocycles. The average Bonchev–Trinajstić information content (AvgIpc) is 2.90. The van der Waals surface area contributed by atoms with Gasteiger partial charge in [0.15, 0.2) is 5.13 Å². The highest BCUT2D eigenvalue weighted by atomic mass is 32.1. The smallest absolute Gasteiger partial charge is 0.206 e. The third kappa shape index (κ3) is 2.52. The Hall–Kier alpha value is -1.92. The summed E-state index contributed by atoms with van der Waals surface area (Å²) in [5.74, 6) is 0.241. The molecule has 0 radical (unpaired) electrons. The van der Waals surface area contributed by atoms with Gasteiger partial charge < -0.3 is 15.4 Å². The number of anilines is 2. The van der Waals surface area contributed by atoms with Gasteiger partial charge in [0.1, 0.15) is 10.7 Å². The maximum atomic E-state index is 12.4. The van der Waals surface area contributed by atoms with Crippen molar-refractivity contribution in [1.82, 2.24) is 4.98 Å². The second-order valence-electron chi connectivity index (χ2n) is 4.51. The standard InChI is InChI=1S/C14H15N3O2S/c15-13-12(11(18)10-4-2-1-3-5-10)20-14(16-13)17-6-8-19-9-7-17/h1-5H,6-9,15H2. The molecule has 2 N–H and O–H groups in total. The van der Waals surface area contributed by atoms with Crippen molar-refractivity contribution in [3.63, 3.8) is 0 Å². The maximum Gasteiger partial charge on any atom is 0.206 e. The minimum atomic E-state index is -0.0693. The highest BCUT2D eigenvalue weighted by Gasteiger charge is 2.21. The highest BCUT2D eigenvalue weighted by molar-refractivity contribution is 7.18. The summed E-state index contributed by atoms with van der Waals surface area (Å²) in [6, 6.07) is 9.14. The largest absolute Gasteiger partial charge is 0.382 e. The fourth-order valence-corrected chi connectivity index (χ4v) is 3.09. The van der Waals surface area contributed by atoms with Gasteiger partial charge >= 0.3 is 0 Å². The molecule has 1 aromatic carbocycles. The number of hydrogen-bond donors (Lipinski definition) is 1. The molecule has 0 saturated carbocycles. The molecule has 20 heavy (non-hydrogen) atoms. The summed E-state index contributed by atoms with van der Waals surface area (Å²) in [6.45, 7) is 2.93. The van der Waals surface area contributed by atoms with Crippen LogP contribution in [0.4, 0.5) is 10.9 Å². The van der Waals surface area contributed by atoms with Gasteiger partial charge in [-0.2, -0.15) is 0 Å². The Morgan fingerprint density at radius 3 is 2.65 bits per heavy atom. The number of ketones is 1. The van der Waals surface area contributed by atoms with Gasteiger partial charge in [0.2, 0.25) is 5.78 Å². The van der Waals surface area contributed by atoms with Gasteiger partial charge in [0.05, 0.1) is 13.2 Å². The number of nitrogens with zero attached hydrogens (tertiary/aromatic N) is 2. The Bertz CT molecular complexity index is 606. The molecule has 1 aliphatic rings. The van der Waals surface area contributed by atoms with E-state index < -0.39 is 0 Å². The number of hydrogen-bond acceptors (Lipinski definition) is 6. The number of aromatic nitrogens is 1. The van der Waals surface area contributed by atoms with Crippen molar-refractivity contribution < 1.29 is 9.53 Å². The number of benzene rings is 1. The van der Waals surface area contributed by atoms with Crippen LogP contribution in [0, 0.1) is 0 Å². The summed E-state index contributed by atoms with van der Waals surface area (Å²) >= 11 is 1.35. The number of ether oxygens (including phenoxy) is 1. The predicted octanol–water partition coefficient (Wildman–Crippen LogP) is 1.79. The van der Waals surface area contributed by atoms with Gasteiger partial charge in [-0.15, -0.1) is 0 Å². The fraction of sp³-hybridized carbons (Fsp3) is 0.286. The van der Waals surface area contributed by atoms with Crippen LogP contribution >= 0.6 is 11.3 Å². The molecule has 0 spiro atoms. The Kier molecular flexibility index (Phi) is 3.66. The summed E-state index contributed by atoms with van der Waals surface area (Å²) in [5.41, 5.74) is 6.54. The van der Waals surface area contributed by atoms with Crippen LogP contribution in [0.1, 0.15) is 15.2 Å². The van der Waals surface area contributed by atoms with E-state index in [9.17, 15) is 4.79 Å². The van der Waals surface area contributed by atoms with Crippen molar-refractivity contribution in [2.45, 2.75) is 0 Å². The topological polar surface area (TPSA) is 68.4 Å². The molecule has 1 aliphatic heterocycles. The van der Waals surface area contributed by atoms with Crippen molar-refractivity contribution >= 4 is 28.1 Å². The zero-order valence-electron chi connectivity index (χ0n) is 10.9. The molecule has 2 aromatic rings. The number of morpholine rings is 1. The SMILES string of the molecule is Nc1nc(N2CCOCC2)sc1C(=O)c1ccccc1. The lowest BCUT2D eigenvalue weighted by Gasteiger charge is -2.25. The van der Waals surface area contributed by atoms with Crippen molar-refractivity contribution in [1.29, 1.82) is 0 Å². The number of carbonyl (C=O) groups is 1. The van der Waals surface area contributed by atoms with E-state index in [1.54, 1.807) is 12.1 Å². The zero-order valence-corrected chi connectivity index (χ0v) is 11.7. The summed E-state index contributed by atoms with van der Waals surface area (Å²) in [4.78, 5) is 19.4. The van der Waals surface area contributed by atoms with E-state index in [0.717, 1.165) is 18.2 Å². The van der Waals surface area contributed by atoms with Gasteiger partial charge in [0, 0.05) is 18.7 Å². The number of nitrogen functional groups attached to an aromatic ring is 1. The molecular weight excluding hydrogens is 274 g/mol. The van der Waals surface area contributed by atoms with E-state index in [1.165, 1.54) is 11.3 Å². The quantitative estimate of drug-likeness (QED) is 0.873. The molecule has 0 bridgehead atoms. The molecule has 1 aromatic heterocycles. The van der Waals surface area contributed by atoms with Crippen molar-refractivity contribution in [3.8, 4) is 0 Å². The summed E-state index contributed by atoms with van der Waals surface area (Å²) in [7, 11) is 0. The van der Waals surface area contributed by atoms with Crippen molar-refractivity contribution in [2.75, 3.05) is 36.9 Å². The molecule has 0 aliphatic carbocycles. The van der Waals surface area contributed by atoms with Crippen LogP contribution < -0.4 is 10.6 Å². The molecule has 0 amide bonds. The van der Waals surface area contributed by atoms with Crippen molar-refractivity contribution in [3.05, 3.63) is 40.8 Å². The number of rotatable bonds is 3. The first-order chi connectivity index (χ1) is 9.75. The molecular formula is C14H15N3O2S. The molecule has 104 valence electrons. The summed E-state index contributed by atoms with van der Waals surface area (Å²) in [5, 5.41) is 0.796. The number of carbonyl (C=O) groups excluding carboxylic acids is 1. The van der Waals surface area contributed by atoms with E-state index >= 15 is 0 Å². The van der Waals surface area contributed by atoms with Crippen molar-refractivity contribution in [2.24, 2.45) is 0 Å². The van der Waals surface area contributed by atoms with Crippen LogP contribution in [0.15, 0.2) is 30.3 Å². The zero-order chi connectivity index (χ0) is 13.9. The minimum Gasteiger partial charge on any atom is -0.382 e. The van der Waals surface area contributed by atoms with Gasteiger partial charge in [0.25, 0.3) is 0 Å². The van der Waals surface area contributed by atoms with Crippen LogP contribution in [0.25, 0.3) is 0 Å². The van der Waals surface area contributed by atoms with Crippen LogP contribution in [-0.4, -0.2) is 37.1 Å². The molecule has 3 rings (SSSR count). The minimum absolute atomic E-state index is 0.0693. The molecule has 1 saturated heterocycles. The summed E-state index contributed by atoms with van der Waals surface area (Å²) in [6.07, 6.45) is 0. The van der Waals surface area contributed by atoms with E-state index in [2.05, 4.69) is 9.88 Å². The maximum absolute atomic E-state index is 12.4. The van der Waals surface area contributed by atoms with E-state index in [1.807, 2.05) is 18.2 Å². The average molecular weight is 289 g/mol. The Morgan fingerprint density at radius 1 is 1.25 bits per heavy atom. The molecule has 6 heteroatoms. The highest BCUT2D eigenvalue weighted by Crippen LogP contribution is 2.30. The van der Waals surface area contributed by atoms with E-state index in [4.69, 9.17) is 10.5 Å². The lowest BCUT2D eigenvalue weighted by Crippen LogP contribution is -2.36. The number of nitrogens with two attached hydrogens (primary N) is 1. The van der Waals surface area contributed by atoms with Crippen LogP contribution in [0.2, 0.25) is 0 Å². The van der Waals surface area contributed by atoms with Crippen LogP contribution in [0.5, 0.6) is 0 Å². The van der Waals surface area contributed by atoms with E-state index in [-0.39, 0.29) is 5.78 Å². The van der Waals surface area contributed by atoms with Gasteiger partial charge in [-0.1, -0.05) is 41.7 Å². The lowest BCUT2D eigenvalue weighted by atomic mass is 10.1. The molecule has 5 nitrogen and oxygen atoms in total. The first-order valence-corrected chi connectivity index (χ1v) is 7.26. The third-order valence-corrected chi connectivity index (χ3v) is 4.30. The van der Waals surface area contributed by atoms with Crippen LogP contribution in [0.3, 0.4) is 0 Å². The normalized spacial score (nSPS) is 15.3. The second kappa shape index (κ2) is 5.60. The Morgan fingerprint density at radius 2 is 1.95 bits per heavy atom. The van der Waals surface area contributed by atoms with Crippen LogP contribution in [-0.2, 0) is 4.74 Å². The first kappa shape index (κ1) is 13.1. The van der Waals surface area contributed by atoms with Gasteiger partial charge in [-0.05, 0) is 0 Å². The van der Waals surface area contributed by atoms with Gasteiger partial charge in [-0.25, -0.2) is 4.98 Å². The third-order valence-electron chi connectivity index (χ3n) is 3.17. The van der Waals surface area contributed by atoms with Gasteiger partial charge in [-0.3, -0.25) is 4.79 Å².